The monoisotopic (exact) mass is 266 g/mol. The first kappa shape index (κ1) is 12.4. The Balaban J connectivity index is 2.00. The van der Waals surface area contributed by atoms with Crippen molar-refractivity contribution in [3.8, 4) is 0 Å². The number of H-pyrrole nitrogens is 1. The number of nitrogens with zero attached hydrogens (tertiary/aromatic N) is 1. The number of furan rings is 1. The van der Waals surface area contributed by atoms with Crippen molar-refractivity contribution in [2.45, 2.75) is 10.8 Å². The Bertz CT molecular complexity index is 605. The molecule has 18 heavy (non-hydrogen) atoms. The van der Waals surface area contributed by atoms with E-state index in [2.05, 4.69) is 14.7 Å². The van der Waals surface area contributed by atoms with Gasteiger partial charge in [0.1, 0.15) is 5.76 Å². The molecule has 0 bridgehead atoms. The Morgan fingerprint density at radius 1 is 1.50 bits per heavy atom. The van der Waals surface area contributed by atoms with Gasteiger partial charge in [0.2, 0.25) is 5.76 Å². The number of hydrogen-bond donors (Lipinski definition) is 1. The molecule has 0 aliphatic rings. The molecule has 0 aliphatic heterocycles. The van der Waals surface area contributed by atoms with Crippen LogP contribution in [-0.4, -0.2) is 23.0 Å². The van der Waals surface area contributed by atoms with Gasteiger partial charge in [-0.25, -0.2) is 14.6 Å². The number of hydrogen-bond acceptors (Lipinski definition) is 6. The van der Waals surface area contributed by atoms with Crippen molar-refractivity contribution in [1.82, 2.24) is 9.97 Å². The van der Waals surface area contributed by atoms with Gasteiger partial charge in [-0.1, -0.05) is 0 Å². The minimum atomic E-state index is -0.511. The van der Waals surface area contributed by atoms with E-state index in [-0.39, 0.29) is 5.76 Å². The van der Waals surface area contributed by atoms with Crippen molar-refractivity contribution in [3.63, 3.8) is 0 Å². The minimum absolute atomic E-state index is 0.163. The SMILES string of the molecule is COC(=O)c1ccc(CSc2ccnc(=O)[nH]2)o1. The van der Waals surface area contributed by atoms with E-state index in [1.165, 1.54) is 25.1 Å². The third-order valence-corrected chi connectivity index (χ3v) is 3.04. The highest BCUT2D eigenvalue weighted by Gasteiger charge is 2.11. The van der Waals surface area contributed by atoms with Crippen LogP contribution < -0.4 is 5.69 Å². The molecule has 1 N–H and O–H groups in total. The number of ether oxygens (including phenoxy) is 1. The van der Waals surface area contributed by atoms with E-state index in [4.69, 9.17) is 4.42 Å². The summed E-state index contributed by atoms with van der Waals surface area (Å²) in [5.74, 6) is 0.773. The second-order valence-corrected chi connectivity index (χ2v) is 4.30. The van der Waals surface area contributed by atoms with Gasteiger partial charge in [-0.3, -0.25) is 0 Å². The molecule has 0 aliphatic carbocycles. The van der Waals surface area contributed by atoms with Gasteiger partial charge in [0.25, 0.3) is 0 Å². The van der Waals surface area contributed by atoms with Gasteiger partial charge in [0.15, 0.2) is 0 Å². The summed E-state index contributed by atoms with van der Waals surface area (Å²) in [6.45, 7) is 0. The molecule has 0 atom stereocenters. The molecule has 6 nitrogen and oxygen atoms in total. The van der Waals surface area contributed by atoms with Crippen LogP contribution in [0.1, 0.15) is 16.3 Å². The Kier molecular flexibility index (Phi) is 3.83. The Morgan fingerprint density at radius 3 is 3.06 bits per heavy atom. The predicted molar refractivity (Wildman–Crippen MR) is 64.5 cm³/mol. The van der Waals surface area contributed by atoms with Crippen molar-refractivity contribution >= 4 is 17.7 Å². The van der Waals surface area contributed by atoms with Gasteiger partial charge in [-0.05, 0) is 18.2 Å². The number of carbonyl (C=O) groups excluding carboxylic acids is 1. The maximum absolute atomic E-state index is 11.2. The number of carbonyl (C=O) groups is 1. The highest BCUT2D eigenvalue weighted by Crippen LogP contribution is 2.21. The molecule has 0 unspecified atom stereocenters. The number of rotatable bonds is 4. The van der Waals surface area contributed by atoms with Crippen LogP contribution in [-0.2, 0) is 10.5 Å². The fraction of sp³-hybridized carbons (Fsp3) is 0.182. The zero-order valence-electron chi connectivity index (χ0n) is 9.50. The zero-order valence-corrected chi connectivity index (χ0v) is 10.3. The lowest BCUT2D eigenvalue weighted by molar-refractivity contribution is 0.0563. The number of esters is 1. The van der Waals surface area contributed by atoms with E-state index in [1.54, 1.807) is 18.2 Å². The summed E-state index contributed by atoms with van der Waals surface area (Å²) >= 11 is 1.38. The van der Waals surface area contributed by atoms with Crippen molar-refractivity contribution in [3.05, 3.63) is 46.4 Å². The maximum atomic E-state index is 11.2. The largest absolute Gasteiger partial charge is 0.463 e. The first-order chi connectivity index (χ1) is 8.69. The highest BCUT2D eigenvalue weighted by molar-refractivity contribution is 7.98. The normalized spacial score (nSPS) is 10.3. The van der Waals surface area contributed by atoms with Crippen LogP contribution in [0.3, 0.4) is 0 Å². The molecule has 0 spiro atoms. The van der Waals surface area contributed by atoms with Crippen LogP contribution in [0.25, 0.3) is 0 Å². The quantitative estimate of drug-likeness (QED) is 0.512. The lowest BCUT2D eigenvalue weighted by atomic mass is 10.4. The van der Waals surface area contributed by atoms with Gasteiger partial charge < -0.3 is 14.1 Å². The Morgan fingerprint density at radius 2 is 2.33 bits per heavy atom. The smallest absolute Gasteiger partial charge is 0.373 e. The van der Waals surface area contributed by atoms with E-state index in [9.17, 15) is 9.59 Å². The number of nitrogens with one attached hydrogen (secondary N) is 1. The van der Waals surface area contributed by atoms with Gasteiger partial charge >= 0.3 is 11.7 Å². The summed E-state index contributed by atoms with van der Waals surface area (Å²) in [6.07, 6.45) is 1.43. The van der Waals surface area contributed by atoms with E-state index in [1.807, 2.05) is 0 Å². The van der Waals surface area contributed by atoms with Gasteiger partial charge in [0, 0.05) is 6.20 Å². The number of methoxy groups -OCH3 is 1. The van der Waals surface area contributed by atoms with E-state index >= 15 is 0 Å². The predicted octanol–water partition coefficient (Wildman–Crippen LogP) is 1.44. The topological polar surface area (TPSA) is 85.2 Å². The molecule has 0 amide bonds. The summed E-state index contributed by atoms with van der Waals surface area (Å²) in [5.41, 5.74) is -0.394. The molecule has 0 fully saturated rings. The summed E-state index contributed by atoms with van der Waals surface area (Å²) in [4.78, 5) is 28.2. The molecule has 2 rings (SSSR count). The van der Waals surface area contributed by atoms with E-state index in [0.29, 0.717) is 16.5 Å². The summed E-state index contributed by atoms with van der Waals surface area (Å²) in [6, 6.07) is 4.94. The average Bonchev–Trinajstić information content (AvgIpc) is 2.84. The van der Waals surface area contributed by atoms with E-state index < -0.39 is 11.7 Å². The van der Waals surface area contributed by atoms with Gasteiger partial charge in [0.05, 0.1) is 17.9 Å². The fourth-order valence-electron chi connectivity index (χ4n) is 1.25. The van der Waals surface area contributed by atoms with Crippen molar-refractivity contribution in [2.24, 2.45) is 0 Å². The van der Waals surface area contributed by atoms with Gasteiger partial charge in [-0.2, -0.15) is 0 Å². The summed E-state index contributed by atoms with van der Waals surface area (Å²) in [5, 5.41) is 0.686. The number of aromatic nitrogens is 2. The number of thioether (sulfide) groups is 1. The molecular formula is C11H10N2O4S. The standard InChI is InChI=1S/C11H10N2O4S/c1-16-10(14)8-3-2-7(17-8)6-18-9-4-5-12-11(15)13-9/h2-5H,6H2,1H3,(H,12,13,15). The van der Waals surface area contributed by atoms with Crippen LogP contribution in [0, 0.1) is 0 Å². The molecular weight excluding hydrogens is 256 g/mol. The minimum Gasteiger partial charge on any atom is -0.463 e. The van der Waals surface area contributed by atoms with Crippen LogP contribution >= 0.6 is 11.8 Å². The Hall–Kier alpha value is -2.02. The van der Waals surface area contributed by atoms with E-state index in [0.717, 1.165) is 0 Å². The number of aromatic amines is 1. The van der Waals surface area contributed by atoms with Crippen molar-refractivity contribution < 1.29 is 13.9 Å². The molecule has 2 aromatic rings. The van der Waals surface area contributed by atoms with Crippen LogP contribution in [0.4, 0.5) is 0 Å². The lowest BCUT2D eigenvalue weighted by Gasteiger charge is -1.98. The third kappa shape index (κ3) is 3.01. The summed E-state index contributed by atoms with van der Waals surface area (Å²) in [7, 11) is 1.29. The zero-order chi connectivity index (χ0) is 13.0. The third-order valence-electron chi connectivity index (χ3n) is 2.07. The molecule has 0 aromatic carbocycles. The Labute approximate surface area is 106 Å². The second-order valence-electron chi connectivity index (χ2n) is 3.29. The van der Waals surface area contributed by atoms with Crippen LogP contribution in [0.5, 0.6) is 0 Å². The molecule has 0 saturated carbocycles. The average molecular weight is 266 g/mol. The maximum Gasteiger partial charge on any atom is 0.373 e. The molecule has 0 saturated heterocycles. The van der Waals surface area contributed by atoms with Crippen LogP contribution in [0.15, 0.2) is 38.6 Å². The fourth-order valence-corrected chi connectivity index (χ4v) is 2.02. The molecule has 94 valence electrons. The second kappa shape index (κ2) is 5.54. The first-order valence-corrected chi connectivity index (χ1v) is 6.03. The van der Waals surface area contributed by atoms with Crippen molar-refractivity contribution in [1.29, 1.82) is 0 Å². The van der Waals surface area contributed by atoms with Gasteiger partial charge in [-0.15, -0.1) is 11.8 Å². The highest BCUT2D eigenvalue weighted by atomic mass is 32.2. The first-order valence-electron chi connectivity index (χ1n) is 5.04. The van der Waals surface area contributed by atoms with Crippen molar-refractivity contribution in [2.75, 3.05) is 7.11 Å². The summed E-state index contributed by atoms with van der Waals surface area (Å²) < 4.78 is 9.82. The lowest BCUT2D eigenvalue weighted by Crippen LogP contribution is -2.08. The van der Waals surface area contributed by atoms with Crippen LogP contribution in [0.2, 0.25) is 0 Å². The molecule has 2 heterocycles. The molecule has 0 radical (unpaired) electrons. The molecule has 7 heteroatoms. The molecule has 2 aromatic heterocycles.